The Balaban J connectivity index is 2.10. The Kier molecular flexibility index (Phi) is 4.34. The van der Waals surface area contributed by atoms with Crippen LogP contribution in [-0.4, -0.2) is 22.6 Å². The number of aliphatic carboxylic acids is 1. The summed E-state index contributed by atoms with van der Waals surface area (Å²) in [4.78, 5) is 16.3. The summed E-state index contributed by atoms with van der Waals surface area (Å²) in [5.74, 6) is -0.818. The number of aryl methyl sites for hydroxylation is 4. The highest BCUT2D eigenvalue weighted by atomic mass is 16.4. The van der Waals surface area contributed by atoms with Crippen molar-refractivity contribution >= 4 is 22.6 Å². The number of rotatable bonds is 3. The molecule has 0 saturated carbocycles. The van der Waals surface area contributed by atoms with Crippen LogP contribution >= 0.6 is 0 Å². The molecule has 0 bridgehead atoms. The van der Waals surface area contributed by atoms with Gasteiger partial charge < -0.3 is 10.4 Å². The molecule has 0 fully saturated rings. The van der Waals surface area contributed by atoms with E-state index in [1.54, 1.807) is 0 Å². The number of nitrogens with zero attached hydrogens (tertiary/aromatic N) is 1. The zero-order valence-corrected chi connectivity index (χ0v) is 16.0. The highest BCUT2D eigenvalue weighted by Gasteiger charge is 2.23. The molecule has 2 N–H and O–H groups in total. The summed E-state index contributed by atoms with van der Waals surface area (Å²) in [6.45, 7) is 7.12. The predicted octanol–water partition coefficient (Wildman–Crippen LogP) is 4.81. The molecular formula is C23H24N2O2. The van der Waals surface area contributed by atoms with Crippen LogP contribution in [-0.2, 0) is 17.6 Å². The van der Waals surface area contributed by atoms with Crippen LogP contribution in [0.15, 0.2) is 30.5 Å². The first-order valence-corrected chi connectivity index (χ1v) is 9.43. The van der Waals surface area contributed by atoms with Gasteiger partial charge in [0, 0.05) is 23.8 Å². The van der Waals surface area contributed by atoms with Gasteiger partial charge in [0.2, 0.25) is 0 Å². The molecule has 0 spiro atoms. The SMILES string of the molecule is Cc1ccc(-c2c(CC(=O)O)c(C)c3ncc4c(c3c2C)NCCC4)cc1. The van der Waals surface area contributed by atoms with E-state index in [1.165, 1.54) is 16.8 Å². The van der Waals surface area contributed by atoms with Gasteiger partial charge in [-0.2, -0.15) is 0 Å². The Morgan fingerprint density at radius 2 is 1.89 bits per heavy atom. The summed E-state index contributed by atoms with van der Waals surface area (Å²) in [6.07, 6.45) is 4.09. The highest BCUT2D eigenvalue weighted by Crippen LogP contribution is 2.41. The van der Waals surface area contributed by atoms with Gasteiger partial charge in [-0.15, -0.1) is 0 Å². The zero-order chi connectivity index (χ0) is 19.1. The maximum absolute atomic E-state index is 11.6. The lowest BCUT2D eigenvalue weighted by Gasteiger charge is -2.24. The average Bonchev–Trinajstić information content (AvgIpc) is 2.66. The first-order chi connectivity index (χ1) is 13.0. The molecule has 1 aliphatic rings. The Morgan fingerprint density at radius 1 is 1.15 bits per heavy atom. The molecule has 0 aliphatic carbocycles. The molecule has 2 heterocycles. The van der Waals surface area contributed by atoms with Crippen molar-refractivity contribution in [3.05, 3.63) is 58.3 Å². The van der Waals surface area contributed by atoms with Crippen LogP contribution in [0.5, 0.6) is 0 Å². The lowest BCUT2D eigenvalue weighted by Crippen LogP contribution is -2.14. The summed E-state index contributed by atoms with van der Waals surface area (Å²) in [6, 6.07) is 8.33. The van der Waals surface area contributed by atoms with E-state index < -0.39 is 5.97 Å². The monoisotopic (exact) mass is 360 g/mol. The highest BCUT2D eigenvalue weighted by molar-refractivity contribution is 6.03. The van der Waals surface area contributed by atoms with Crippen LogP contribution in [0, 0.1) is 20.8 Å². The van der Waals surface area contributed by atoms with Crippen molar-refractivity contribution in [2.45, 2.75) is 40.0 Å². The third kappa shape index (κ3) is 2.95. The van der Waals surface area contributed by atoms with E-state index in [2.05, 4.69) is 43.4 Å². The van der Waals surface area contributed by atoms with Gasteiger partial charge in [-0.3, -0.25) is 9.78 Å². The number of benzene rings is 2. The molecule has 4 rings (SSSR count). The van der Waals surface area contributed by atoms with E-state index >= 15 is 0 Å². The van der Waals surface area contributed by atoms with Crippen molar-refractivity contribution in [1.29, 1.82) is 0 Å². The zero-order valence-electron chi connectivity index (χ0n) is 16.0. The Hall–Kier alpha value is -2.88. The van der Waals surface area contributed by atoms with Crippen LogP contribution in [0.2, 0.25) is 0 Å². The number of anilines is 1. The van der Waals surface area contributed by atoms with Gasteiger partial charge in [-0.25, -0.2) is 0 Å². The van der Waals surface area contributed by atoms with Gasteiger partial charge in [-0.1, -0.05) is 29.8 Å². The Bertz CT molecular complexity index is 1050. The second-order valence-corrected chi connectivity index (χ2v) is 7.45. The van der Waals surface area contributed by atoms with E-state index in [0.717, 1.165) is 58.1 Å². The third-order valence-electron chi connectivity index (χ3n) is 5.61. The molecule has 1 aliphatic heterocycles. The summed E-state index contributed by atoms with van der Waals surface area (Å²) in [7, 11) is 0. The molecule has 2 aromatic carbocycles. The van der Waals surface area contributed by atoms with E-state index in [0.29, 0.717) is 0 Å². The van der Waals surface area contributed by atoms with Crippen molar-refractivity contribution in [3.8, 4) is 11.1 Å². The van der Waals surface area contributed by atoms with Crippen molar-refractivity contribution in [2.75, 3.05) is 11.9 Å². The fraction of sp³-hybridized carbons (Fsp3) is 0.304. The molecular weight excluding hydrogens is 336 g/mol. The number of hydrogen-bond acceptors (Lipinski definition) is 3. The minimum Gasteiger partial charge on any atom is -0.481 e. The second-order valence-electron chi connectivity index (χ2n) is 7.45. The van der Waals surface area contributed by atoms with Crippen molar-refractivity contribution < 1.29 is 9.90 Å². The van der Waals surface area contributed by atoms with Crippen LogP contribution in [0.4, 0.5) is 5.69 Å². The summed E-state index contributed by atoms with van der Waals surface area (Å²) in [5, 5.41) is 14.2. The molecule has 138 valence electrons. The lowest BCUT2D eigenvalue weighted by atomic mass is 9.85. The largest absolute Gasteiger partial charge is 0.481 e. The number of nitrogens with one attached hydrogen (secondary N) is 1. The summed E-state index contributed by atoms with van der Waals surface area (Å²) >= 11 is 0. The minimum absolute atomic E-state index is 0.00197. The lowest BCUT2D eigenvalue weighted by molar-refractivity contribution is -0.136. The topological polar surface area (TPSA) is 62.2 Å². The fourth-order valence-corrected chi connectivity index (χ4v) is 4.25. The molecule has 1 aromatic heterocycles. The first kappa shape index (κ1) is 17.5. The predicted molar refractivity (Wildman–Crippen MR) is 110 cm³/mol. The summed E-state index contributed by atoms with van der Waals surface area (Å²) in [5.41, 5.74) is 9.54. The van der Waals surface area contributed by atoms with Gasteiger partial charge in [-0.05, 0) is 67.0 Å². The van der Waals surface area contributed by atoms with Crippen LogP contribution in [0.1, 0.15) is 34.2 Å². The molecule has 3 aromatic rings. The van der Waals surface area contributed by atoms with Crippen molar-refractivity contribution in [2.24, 2.45) is 0 Å². The third-order valence-corrected chi connectivity index (χ3v) is 5.61. The van der Waals surface area contributed by atoms with Gasteiger partial charge >= 0.3 is 5.97 Å². The molecule has 0 atom stereocenters. The fourth-order valence-electron chi connectivity index (χ4n) is 4.25. The van der Waals surface area contributed by atoms with Gasteiger partial charge in [0.05, 0.1) is 11.9 Å². The van der Waals surface area contributed by atoms with Crippen molar-refractivity contribution in [3.63, 3.8) is 0 Å². The molecule has 0 radical (unpaired) electrons. The van der Waals surface area contributed by atoms with Crippen LogP contribution in [0.3, 0.4) is 0 Å². The van der Waals surface area contributed by atoms with Crippen molar-refractivity contribution in [1.82, 2.24) is 4.98 Å². The van der Waals surface area contributed by atoms with Crippen LogP contribution in [0.25, 0.3) is 22.0 Å². The van der Waals surface area contributed by atoms with Gasteiger partial charge in [0.15, 0.2) is 0 Å². The normalized spacial score (nSPS) is 13.3. The van der Waals surface area contributed by atoms with E-state index in [9.17, 15) is 9.90 Å². The molecule has 0 unspecified atom stereocenters. The van der Waals surface area contributed by atoms with Gasteiger partial charge in [0.25, 0.3) is 0 Å². The standard InChI is InChI=1S/C23H24N2O2/c1-13-6-8-16(9-7-13)20-15(3)21-22(14(2)18(20)11-19(26)27)25-12-17-5-4-10-24-23(17)21/h6-9,12,24H,4-5,10-11H2,1-3H3,(H,26,27). The minimum atomic E-state index is -0.818. The average molecular weight is 360 g/mol. The molecule has 0 saturated heterocycles. The number of carbonyl (C=O) groups is 1. The molecule has 4 nitrogen and oxygen atoms in total. The first-order valence-electron chi connectivity index (χ1n) is 9.43. The Labute approximate surface area is 159 Å². The van der Waals surface area contributed by atoms with Gasteiger partial charge in [0.1, 0.15) is 0 Å². The number of fused-ring (bicyclic) bond motifs is 3. The number of pyridine rings is 1. The number of aromatic nitrogens is 1. The molecule has 27 heavy (non-hydrogen) atoms. The van der Waals surface area contributed by atoms with E-state index in [-0.39, 0.29) is 6.42 Å². The summed E-state index contributed by atoms with van der Waals surface area (Å²) < 4.78 is 0. The molecule has 0 amide bonds. The van der Waals surface area contributed by atoms with E-state index in [4.69, 9.17) is 4.98 Å². The second kappa shape index (κ2) is 6.69. The maximum Gasteiger partial charge on any atom is 0.307 e. The van der Waals surface area contributed by atoms with Crippen LogP contribution < -0.4 is 5.32 Å². The molecule has 4 heteroatoms. The number of carboxylic acids is 1. The number of hydrogen-bond donors (Lipinski definition) is 2. The Morgan fingerprint density at radius 3 is 2.59 bits per heavy atom. The number of carboxylic acid groups (broad SMARTS) is 1. The quantitative estimate of drug-likeness (QED) is 0.703. The van der Waals surface area contributed by atoms with E-state index in [1.807, 2.05) is 13.1 Å². The smallest absolute Gasteiger partial charge is 0.307 e. The maximum atomic E-state index is 11.6.